The third-order valence-corrected chi connectivity index (χ3v) is 4.10. The van der Waals surface area contributed by atoms with Crippen LogP contribution in [0.1, 0.15) is 38.2 Å². The van der Waals surface area contributed by atoms with Crippen molar-refractivity contribution in [2.45, 2.75) is 38.7 Å². The van der Waals surface area contributed by atoms with Gasteiger partial charge in [-0.15, -0.1) is 0 Å². The summed E-state index contributed by atoms with van der Waals surface area (Å²) in [6.45, 7) is 2.28. The molecule has 2 atom stereocenters. The highest BCUT2D eigenvalue weighted by Gasteiger charge is 2.21. The van der Waals surface area contributed by atoms with Gasteiger partial charge < -0.3 is 10.5 Å². The van der Waals surface area contributed by atoms with Gasteiger partial charge in [0.15, 0.2) is 0 Å². The second kappa shape index (κ2) is 6.02. The smallest absolute Gasteiger partial charge is 0.131 e. The molecule has 98 valence electrons. The van der Waals surface area contributed by atoms with Gasteiger partial charge in [-0.2, -0.15) is 0 Å². The lowest BCUT2D eigenvalue weighted by molar-refractivity contribution is 0.129. The van der Waals surface area contributed by atoms with Crippen LogP contribution in [0.4, 0.5) is 0 Å². The average Bonchev–Trinajstić information content (AvgIpc) is 2.28. The van der Waals surface area contributed by atoms with E-state index in [2.05, 4.69) is 22.9 Å². The molecule has 18 heavy (non-hydrogen) atoms. The number of thiocarbonyl (C=S) groups is 1. The number of ether oxygens (including phenoxy) is 1. The van der Waals surface area contributed by atoms with Gasteiger partial charge in [0.2, 0.25) is 0 Å². The molecule has 1 saturated carbocycles. The summed E-state index contributed by atoms with van der Waals surface area (Å²) < 4.78 is 7.09. The monoisotopic (exact) mass is 327 g/mol. The van der Waals surface area contributed by atoms with Crippen molar-refractivity contribution in [3.8, 4) is 5.75 Å². The first-order valence-corrected chi connectivity index (χ1v) is 7.52. The van der Waals surface area contributed by atoms with Crippen LogP contribution in [0.5, 0.6) is 5.75 Å². The van der Waals surface area contributed by atoms with Gasteiger partial charge in [-0.1, -0.05) is 41.5 Å². The van der Waals surface area contributed by atoms with Crippen molar-refractivity contribution in [2.75, 3.05) is 0 Å². The zero-order valence-corrected chi connectivity index (χ0v) is 12.9. The molecule has 4 heteroatoms. The minimum absolute atomic E-state index is 0.288. The Hall–Kier alpha value is -0.610. The number of nitrogens with two attached hydrogens (primary N) is 1. The Balaban J connectivity index is 2.16. The molecule has 0 saturated heterocycles. The predicted octanol–water partition coefficient (Wildman–Crippen LogP) is 4.04. The van der Waals surface area contributed by atoms with Crippen LogP contribution < -0.4 is 10.5 Å². The third kappa shape index (κ3) is 3.45. The molecular weight excluding hydrogens is 310 g/mol. The first-order valence-electron chi connectivity index (χ1n) is 6.32. The standard InChI is InChI=1S/C14H18BrNOS/c1-9-3-2-4-11(7-9)17-13-8-10(15)5-6-12(13)14(16)18/h5-6,8-9,11H,2-4,7H2,1H3,(H2,16,18). The highest BCUT2D eigenvalue weighted by Crippen LogP contribution is 2.30. The Morgan fingerprint density at radius 3 is 2.89 bits per heavy atom. The van der Waals surface area contributed by atoms with Gasteiger partial charge in [0.1, 0.15) is 10.7 Å². The van der Waals surface area contributed by atoms with Crippen LogP contribution in [0, 0.1) is 5.92 Å². The van der Waals surface area contributed by atoms with Crippen LogP contribution in [-0.4, -0.2) is 11.1 Å². The van der Waals surface area contributed by atoms with Gasteiger partial charge in [-0.25, -0.2) is 0 Å². The Kier molecular flexibility index (Phi) is 4.62. The van der Waals surface area contributed by atoms with Crippen molar-refractivity contribution >= 4 is 33.1 Å². The van der Waals surface area contributed by atoms with E-state index in [0.29, 0.717) is 4.99 Å². The van der Waals surface area contributed by atoms with E-state index in [0.717, 1.165) is 34.5 Å². The van der Waals surface area contributed by atoms with Gasteiger partial charge >= 0.3 is 0 Å². The van der Waals surface area contributed by atoms with E-state index in [-0.39, 0.29) is 6.10 Å². The van der Waals surface area contributed by atoms with E-state index >= 15 is 0 Å². The Morgan fingerprint density at radius 2 is 2.22 bits per heavy atom. The lowest BCUT2D eigenvalue weighted by Crippen LogP contribution is -2.25. The quantitative estimate of drug-likeness (QED) is 0.851. The van der Waals surface area contributed by atoms with Crippen LogP contribution in [-0.2, 0) is 0 Å². The zero-order chi connectivity index (χ0) is 13.1. The lowest BCUT2D eigenvalue weighted by Gasteiger charge is -2.28. The predicted molar refractivity (Wildman–Crippen MR) is 82.1 cm³/mol. The maximum absolute atomic E-state index is 6.10. The van der Waals surface area contributed by atoms with Crippen LogP contribution in [0.2, 0.25) is 0 Å². The van der Waals surface area contributed by atoms with Gasteiger partial charge in [-0.05, 0) is 43.4 Å². The number of hydrogen-bond acceptors (Lipinski definition) is 2. The second-order valence-electron chi connectivity index (χ2n) is 5.02. The summed E-state index contributed by atoms with van der Waals surface area (Å²) >= 11 is 8.52. The number of hydrogen-bond donors (Lipinski definition) is 1. The molecule has 1 aliphatic rings. The summed E-state index contributed by atoms with van der Waals surface area (Å²) in [5.74, 6) is 1.54. The maximum Gasteiger partial charge on any atom is 0.131 e. The normalized spacial score (nSPS) is 23.7. The Labute approximate surface area is 122 Å². The van der Waals surface area contributed by atoms with Crippen LogP contribution >= 0.6 is 28.1 Å². The molecule has 0 aromatic heterocycles. The fraction of sp³-hybridized carbons (Fsp3) is 0.500. The second-order valence-corrected chi connectivity index (χ2v) is 6.37. The molecule has 2 nitrogen and oxygen atoms in total. The van der Waals surface area contributed by atoms with Crippen molar-refractivity contribution in [1.29, 1.82) is 0 Å². The molecule has 0 heterocycles. The molecule has 0 spiro atoms. The van der Waals surface area contributed by atoms with Crippen molar-refractivity contribution in [3.63, 3.8) is 0 Å². The highest BCUT2D eigenvalue weighted by molar-refractivity contribution is 9.10. The minimum atomic E-state index is 0.288. The largest absolute Gasteiger partial charge is 0.490 e. The summed E-state index contributed by atoms with van der Waals surface area (Å²) in [4.78, 5) is 0.390. The van der Waals surface area contributed by atoms with Crippen LogP contribution in [0.15, 0.2) is 22.7 Å². The molecule has 0 bridgehead atoms. The number of benzene rings is 1. The van der Waals surface area contributed by atoms with Gasteiger partial charge in [0, 0.05) is 4.47 Å². The highest BCUT2D eigenvalue weighted by atomic mass is 79.9. The molecule has 1 aromatic carbocycles. The molecule has 2 unspecified atom stereocenters. The first-order chi connectivity index (χ1) is 8.56. The third-order valence-electron chi connectivity index (χ3n) is 3.39. The summed E-state index contributed by atoms with van der Waals surface area (Å²) in [6.07, 6.45) is 5.07. The van der Waals surface area contributed by atoms with Gasteiger partial charge in [-0.3, -0.25) is 0 Å². The molecule has 1 aliphatic carbocycles. The van der Waals surface area contributed by atoms with E-state index < -0.39 is 0 Å². The Bertz CT molecular complexity index is 449. The number of rotatable bonds is 3. The summed E-state index contributed by atoms with van der Waals surface area (Å²) in [5.41, 5.74) is 6.56. The van der Waals surface area contributed by atoms with Crippen LogP contribution in [0.3, 0.4) is 0 Å². The molecule has 0 radical (unpaired) electrons. The molecule has 1 fully saturated rings. The summed E-state index contributed by atoms with van der Waals surface area (Å²) in [7, 11) is 0. The first kappa shape index (κ1) is 13.8. The van der Waals surface area contributed by atoms with E-state index in [9.17, 15) is 0 Å². The van der Waals surface area contributed by atoms with Crippen molar-refractivity contribution in [2.24, 2.45) is 11.7 Å². The van der Waals surface area contributed by atoms with Crippen molar-refractivity contribution in [1.82, 2.24) is 0 Å². The van der Waals surface area contributed by atoms with Crippen molar-refractivity contribution in [3.05, 3.63) is 28.2 Å². The van der Waals surface area contributed by atoms with E-state index in [1.165, 1.54) is 12.8 Å². The minimum Gasteiger partial charge on any atom is -0.490 e. The Morgan fingerprint density at radius 1 is 1.44 bits per heavy atom. The molecule has 0 amide bonds. The summed E-state index contributed by atoms with van der Waals surface area (Å²) in [6, 6.07) is 5.80. The van der Waals surface area contributed by atoms with Crippen LogP contribution in [0.25, 0.3) is 0 Å². The molecule has 2 N–H and O–H groups in total. The maximum atomic E-state index is 6.10. The van der Waals surface area contributed by atoms with Gasteiger partial charge in [0.25, 0.3) is 0 Å². The van der Waals surface area contributed by atoms with E-state index in [1.54, 1.807) is 0 Å². The van der Waals surface area contributed by atoms with Crippen molar-refractivity contribution < 1.29 is 4.74 Å². The topological polar surface area (TPSA) is 35.2 Å². The van der Waals surface area contributed by atoms with E-state index in [4.69, 9.17) is 22.7 Å². The summed E-state index contributed by atoms with van der Waals surface area (Å²) in [5, 5.41) is 0. The average molecular weight is 328 g/mol. The molecular formula is C14H18BrNOS. The zero-order valence-electron chi connectivity index (χ0n) is 10.5. The number of halogens is 1. The fourth-order valence-electron chi connectivity index (χ4n) is 2.46. The van der Waals surface area contributed by atoms with Gasteiger partial charge in [0.05, 0.1) is 11.7 Å². The molecule has 1 aromatic rings. The molecule has 2 rings (SSSR count). The van der Waals surface area contributed by atoms with E-state index in [1.807, 2.05) is 18.2 Å². The fourth-order valence-corrected chi connectivity index (χ4v) is 2.97. The lowest BCUT2D eigenvalue weighted by atomic mass is 9.88. The SMILES string of the molecule is CC1CCCC(Oc2cc(Br)ccc2C(N)=S)C1. The molecule has 0 aliphatic heterocycles.